The third-order valence-corrected chi connectivity index (χ3v) is 12.7. The summed E-state index contributed by atoms with van der Waals surface area (Å²) in [5.41, 5.74) is 16.8. The van der Waals surface area contributed by atoms with Gasteiger partial charge >= 0.3 is 0 Å². The molecule has 8 atom stereocenters. The van der Waals surface area contributed by atoms with Gasteiger partial charge in [0.2, 0.25) is 0 Å². The summed E-state index contributed by atoms with van der Waals surface area (Å²) in [6, 6.07) is 12.1. The molecule has 0 amide bonds. The summed E-state index contributed by atoms with van der Waals surface area (Å²) in [7, 11) is 1.81. The van der Waals surface area contributed by atoms with Crippen LogP contribution < -0.4 is 16.2 Å². The fourth-order valence-corrected chi connectivity index (χ4v) is 10.1. The van der Waals surface area contributed by atoms with E-state index in [-0.39, 0.29) is 78.4 Å². The van der Waals surface area contributed by atoms with Crippen molar-refractivity contribution in [2.45, 2.75) is 134 Å². The van der Waals surface area contributed by atoms with Crippen molar-refractivity contribution in [3.63, 3.8) is 0 Å². The molecule has 0 aliphatic heterocycles. The standard InChI is InChI=1S/C48H63N3O5/c1-4-11-33(30-52)28-37(53)20-18-35-29-44(56-38-16-8-9-17-38)47(54)46-40(35)22-21-39-34(27-32-13-6-5-7-14-32)15-10-12-31(2)26-36-19-25-43(55-3)41(45(36)46)23-24-42(39)51-48(49)50/h5-7,13-14,28-29,31,34,36,38-39,41-43,45,52,54H,4,8-9,11-12,16-20,23-27,30H2,1-3H3,(H4,49,50,51). The first-order valence-corrected chi connectivity index (χ1v) is 21.2. The van der Waals surface area contributed by atoms with E-state index < -0.39 is 0 Å². The number of methoxy groups -OCH3 is 1. The molecule has 6 N–H and O–H groups in total. The van der Waals surface area contributed by atoms with E-state index in [0.717, 1.165) is 86.5 Å². The molecule has 0 heterocycles. The molecule has 2 saturated carbocycles. The normalized spacial score (nSPS) is 27.8. The number of hydrogen-bond acceptors (Lipinski definition) is 6. The van der Waals surface area contributed by atoms with Gasteiger partial charge in [-0.05, 0) is 130 Å². The lowest BCUT2D eigenvalue weighted by atomic mass is 9.62. The average Bonchev–Trinajstić information content (AvgIpc) is 3.70. The van der Waals surface area contributed by atoms with Crippen LogP contribution in [0.5, 0.6) is 11.5 Å². The van der Waals surface area contributed by atoms with Crippen molar-refractivity contribution in [2.75, 3.05) is 13.7 Å². The van der Waals surface area contributed by atoms with Crippen molar-refractivity contribution in [2.24, 2.45) is 46.0 Å². The van der Waals surface area contributed by atoms with Crippen molar-refractivity contribution in [1.82, 2.24) is 0 Å². The van der Waals surface area contributed by atoms with E-state index in [1.165, 1.54) is 5.56 Å². The maximum absolute atomic E-state index is 13.5. The van der Waals surface area contributed by atoms with E-state index >= 15 is 0 Å². The number of benzene rings is 2. The van der Waals surface area contributed by atoms with E-state index in [0.29, 0.717) is 37.4 Å². The minimum atomic E-state index is -0.319. The number of phenolic OH excluding ortho intramolecular Hbond substituents is 1. The number of aliphatic hydroxyl groups excluding tert-OH is 1. The van der Waals surface area contributed by atoms with Gasteiger partial charge in [-0.1, -0.05) is 68.4 Å². The number of fused-ring (bicyclic) bond motifs is 6. The number of phenols is 1. The summed E-state index contributed by atoms with van der Waals surface area (Å²) in [5, 5.41) is 22.6. The van der Waals surface area contributed by atoms with Gasteiger partial charge in [-0.2, -0.15) is 0 Å². The van der Waals surface area contributed by atoms with Gasteiger partial charge in [-0.15, -0.1) is 5.92 Å². The van der Waals surface area contributed by atoms with Crippen molar-refractivity contribution in [1.29, 1.82) is 0 Å². The summed E-state index contributed by atoms with van der Waals surface area (Å²) >= 11 is 0. The van der Waals surface area contributed by atoms with Crippen molar-refractivity contribution in [3.8, 4) is 35.2 Å². The van der Waals surface area contributed by atoms with Crippen LogP contribution in [0.25, 0.3) is 0 Å². The van der Waals surface area contributed by atoms with Crippen molar-refractivity contribution < 1.29 is 24.5 Å². The van der Waals surface area contributed by atoms with Crippen LogP contribution in [-0.4, -0.2) is 53.9 Å². The Labute approximate surface area is 334 Å². The number of aliphatic imine (C=N–C) groups is 1. The molecule has 8 heteroatoms. The number of carbonyl (C=O) groups excluding carboxylic acids is 1. The summed E-state index contributed by atoms with van der Waals surface area (Å²) in [4.78, 5) is 18.4. The molecule has 2 aromatic rings. The predicted molar refractivity (Wildman–Crippen MR) is 223 cm³/mol. The fourth-order valence-electron chi connectivity index (χ4n) is 10.1. The molecule has 8 unspecified atom stereocenters. The quantitative estimate of drug-likeness (QED) is 0.0708. The molecule has 0 radical (unpaired) electrons. The lowest BCUT2D eigenvalue weighted by Gasteiger charge is -2.45. The Kier molecular flexibility index (Phi) is 14.6. The maximum Gasteiger partial charge on any atom is 0.186 e. The summed E-state index contributed by atoms with van der Waals surface area (Å²) in [6.45, 7) is 4.21. The van der Waals surface area contributed by atoms with Gasteiger partial charge < -0.3 is 31.2 Å². The molecular weight excluding hydrogens is 699 g/mol. The summed E-state index contributed by atoms with van der Waals surface area (Å²) < 4.78 is 13.0. The Balaban J connectivity index is 1.60. The molecule has 2 fully saturated rings. The number of ether oxygens (including phenoxy) is 2. The number of carbonyl (C=O) groups is 1. The van der Waals surface area contributed by atoms with Gasteiger partial charge in [-0.3, -0.25) is 4.79 Å². The monoisotopic (exact) mass is 761 g/mol. The van der Waals surface area contributed by atoms with Gasteiger partial charge in [0.25, 0.3) is 0 Å². The fraction of sp³-hybridized carbons (Fsp3) is 0.583. The Hall–Kier alpha value is -4.24. The van der Waals surface area contributed by atoms with Crippen LogP contribution in [0.4, 0.5) is 0 Å². The first-order chi connectivity index (χ1) is 27.2. The Morgan fingerprint density at radius 1 is 1.04 bits per heavy atom. The van der Waals surface area contributed by atoms with Gasteiger partial charge in [0.15, 0.2) is 23.2 Å². The number of ketones is 1. The molecule has 0 aromatic heterocycles. The van der Waals surface area contributed by atoms with Gasteiger partial charge in [0.05, 0.1) is 30.8 Å². The van der Waals surface area contributed by atoms with Gasteiger partial charge in [0.1, 0.15) is 0 Å². The van der Waals surface area contributed by atoms with E-state index in [9.17, 15) is 15.0 Å². The SMILES string of the molecule is CCCC(=CC(=O)CCc1cc(OC2CCCC2)c(O)c2c1C#CC1C(Cc3ccccc3)C#CCC(C)CC3CCC(OC)C(CCC1N=C(N)N)C23)CO. The molecule has 7 rings (SSSR count). The summed E-state index contributed by atoms with van der Waals surface area (Å²) in [5.74, 6) is 15.5. The van der Waals surface area contributed by atoms with Crippen LogP contribution in [0, 0.1) is 53.3 Å². The van der Waals surface area contributed by atoms with E-state index in [2.05, 4.69) is 54.9 Å². The van der Waals surface area contributed by atoms with E-state index in [1.807, 2.05) is 26.2 Å². The van der Waals surface area contributed by atoms with Crippen LogP contribution >= 0.6 is 0 Å². The lowest BCUT2D eigenvalue weighted by molar-refractivity contribution is -0.114. The smallest absolute Gasteiger partial charge is 0.186 e. The first kappa shape index (κ1) is 41.4. The summed E-state index contributed by atoms with van der Waals surface area (Å²) in [6.07, 6.45) is 13.7. The number of nitrogens with zero attached hydrogens (tertiary/aromatic N) is 1. The molecule has 5 aliphatic carbocycles. The Bertz CT molecular complexity index is 1840. The third kappa shape index (κ3) is 10.2. The molecule has 300 valence electrons. The van der Waals surface area contributed by atoms with Crippen molar-refractivity contribution >= 4 is 11.7 Å². The highest BCUT2D eigenvalue weighted by atomic mass is 16.5. The number of aliphatic hydroxyl groups is 1. The first-order valence-electron chi connectivity index (χ1n) is 21.2. The zero-order valence-corrected chi connectivity index (χ0v) is 33.8. The maximum atomic E-state index is 13.5. The molecule has 5 aliphatic rings. The highest BCUT2D eigenvalue weighted by Crippen LogP contribution is 2.54. The number of allylic oxidation sites excluding steroid dienone is 1. The highest BCUT2D eigenvalue weighted by Gasteiger charge is 2.45. The lowest BCUT2D eigenvalue weighted by Crippen LogP contribution is -2.40. The minimum Gasteiger partial charge on any atom is -0.504 e. The highest BCUT2D eigenvalue weighted by molar-refractivity contribution is 5.90. The number of rotatable bonds is 13. The molecule has 8 nitrogen and oxygen atoms in total. The molecule has 56 heavy (non-hydrogen) atoms. The number of hydrogen-bond donors (Lipinski definition) is 4. The molecule has 0 spiro atoms. The topological polar surface area (TPSA) is 140 Å². The molecule has 2 aromatic carbocycles. The Morgan fingerprint density at radius 3 is 2.54 bits per heavy atom. The number of aromatic hydroxyl groups is 1. The average molecular weight is 762 g/mol. The van der Waals surface area contributed by atoms with Crippen LogP contribution in [-0.2, 0) is 22.4 Å². The predicted octanol–water partition coefficient (Wildman–Crippen LogP) is 7.75. The number of aryl methyl sites for hydroxylation is 1. The number of nitrogens with two attached hydrogens (primary N) is 2. The van der Waals surface area contributed by atoms with Crippen LogP contribution in [0.15, 0.2) is 53.0 Å². The molecular formula is C48H63N3O5. The zero-order valence-electron chi connectivity index (χ0n) is 33.8. The second kappa shape index (κ2) is 19.8. The van der Waals surface area contributed by atoms with Crippen LogP contribution in [0.1, 0.15) is 125 Å². The number of guanidine groups is 1. The molecule has 4 bridgehead atoms. The van der Waals surface area contributed by atoms with E-state index in [1.54, 1.807) is 6.08 Å². The van der Waals surface area contributed by atoms with Crippen LogP contribution in [0.2, 0.25) is 0 Å². The third-order valence-electron chi connectivity index (χ3n) is 12.7. The molecule has 0 saturated heterocycles. The van der Waals surface area contributed by atoms with E-state index in [4.69, 9.17) is 25.9 Å². The largest absolute Gasteiger partial charge is 0.504 e. The zero-order chi connectivity index (χ0) is 39.6. The van der Waals surface area contributed by atoms with Gasteiger partial charge in [0, 0.05) is 37.0 Å². The second-order valence-electron chi connectivity index (χ2n) is 16.8. The van der Waals surface area contributed by atoms with Crippen molar-refractivity contribution in [3.05, 3.63) is 70.3 Å². The van der Waals surface area contributed by atoms with Gasteiger partial charge in [-0.25, -0.2) is 4.99 Å². The Morgan fingerprint density at radius 2 is 1.82 bits per heavy atom. The minimum absolute atomic E-state index is 0.0301. The second-order valence-corrected chi connectivity index (χ2v) is 16.8. The van der Waals surface area contributed by atoms with Crippen LogP contribution in [0.3, 0.4) is 0 Å².